The van der Waals surface area contributed by atoms with Crippen molar-refractivity contribution in [1.29, 1.82) is 0 Å². The largest absolute Gasteiger partial charge is 0.489 e. The number of benzene rings is 1. The maximum Gasteiger partial charge on any atom is 0.225 e. The van der Waals surface area contributed by atoms with Gasteiger partial charge in [0.15, 0.2) is 0 Å². The molecule has 3 rings (SSSR count). The van der Waals surface area contributed by atoms with E-state index in [1.54, 1.807) is 12.1 Å². The predicted molar refractivity (Wildman–Crippen MR) is 96.9 cm³/mol. The van der Waals surface area contributed by atoms with Gasteiger partial charge >= 0.3 is 0 Å². The normalized spacial score (nSPS) is 27.8. The van der Waals surface area contributed by atoms with E-state index in [0.29, 0.717) is 28.4 Å². The van der Waals surface area contributed by atoms with Crippen LogP contribution in [0.3, 0.4) is 0 Å². The Kier molecular flexibility index (Phi) is 5.90. The third-order valence-corrected chi connectivity index (χ3v) is 5.60. The van der Waals surface area contributed by atoms with Crippen molar-refractivity contribution in [3.8, 4) is 5.75 Å². The highest BCUT2D eigenvalue weighted by molar-refractivity contribution is 6.42. The average Bonchev–Trinajstić information content (AvgIpc) is 2.58. The number of nitrogens with zero attached hydrogens (tertiary/aromatic N) is 1. The molecule has 1 amide bonds. The molecular formula is C18H24Cl2N2O2. The highest BCUT2D eigenvalue weighted by atomic mass is 35.5. The fourth-order valence-electron chi connectivity index (χ4n) is 3.59. The summed E-state index contributed by atoms with van der Waals surface area (Å²) in [6.07, 6.45) is 3.79. The van der Waals surface area contributed by atoms with Crippen LogP contribution in [0.15, 0.2) is 18.2 Å². The minimum absolute atomic E-state index is 0.0130. The first kappa shape index (κ1) is 17.8. The molecule has 0 spiro atoms. The molecule has 1 aromatic carbocycles. The van der Waals surface area contributed by atoms with Gasteiger partial charge in [-0.1, -0.05) is 23.2 Å². The van der Waals surface area contributed by atoms with Crippen molar-refractivity contribution in [2.75, 3.05) is 19.6 Å². The van der Waals surface area contributed by atoms with Crippen molar-refractivity contribution in [2.45, 2.75) is 44.8 Å². The third kappa shape index (κ3) is 4.35. The number of carbonyl (C=O) groups excluding carboxylic acids is 1. The molecule has 6 heteroatoms. The van der Waals surface area contributed by atoms with Crippen LogP contribution in [0.5, 0.6) is 5.75 Å². The number of hydrogen-bond acceptors (Lipinski definition) is 3. The summed E-state index contributed by atoms with van der Waals surface area (Å²) < 4.78 is 6.03. The molecule has 4 nitrogen and oxygen atoms in total. The van der Waals surface area contributed by atoms with E-state index in [9.17, 15) is 4.79 Å². The topological polar surface area (TPSA) is 41.6 Å². The summed E-state index contributed by atoms with van der Waals surface area (Å²) in [5.41, 5.74) is 0. The van der Waals surface area contributed by atoms with Crippen LogP contribution < -0.4 is 10.1 Å². The smallest absolute Gasteiger partial charge is 0.225 e. The lowest BCUT2D eigenvalue weighted by Crippen LogP contribution is -2.49. The van der Waals surface area contributed by atoms with Gasteiger partial charge in [-0.3, -0.25) is 4.79 Å². The Hall–Kier alpha value is -0.970. The zero-order valence-corrected chi connectivity index (χ0v) is 15.4. The van der Waals surface area contributed by atoms with Gasteiger partial charge in [0.2, 0.25) is 5.91 Å². The zero-order valence-electron chi connectivity index (χ0n) is 13.9. The Morgan fingerprint density at radius 2 is 2.12 bits per heavy atom. The van der Waals surface area contributed by atoms with Crippen molar-refractivity contribution in [3.05, 3.63) is 28.2 Å². The Morgan fingerprint density at radius 1 is 1.29 bits per heavy atom. The fraction of sp³-hybridized carbons (Fsp3) is 0.611. The van der Waals surface area contributed by atoms with Crippen molar-refractivity contribution >= 4 is 29.1 Å². The number of piperidine rings is 2. The molecular weight excluding hydrogens is 347 g/mol. The van der Waals surface area contributed by atoms with Crippen LogP contribution in [0, 0.1) is 5.92 Å². The second-order valence-corrected chi connectivity index (χ2v) is 7.63. The van der Waals surface area contributed by atoms with Crippen LogP contribution in [-0.2, 0) is 4.79 Å². The van der Waals surface area contributed by atoms with Crippen molar-refractivity contribution in [2.24, 2.45) is 5.92 Å². The van der Waals surface area contributed by atoms with Crippen LogP contribution in [0.2, 0.25) is 10.0 Å². The number of amides is 1. The Morgan fingerprint density at radius 3 is 2.88 bits per heavy atom. The number of hydrogen-bond donors (Lipinski definition) is 1. The molecule has 0 bridgehead atoms. The summed E-state index contributed by atoms with van der Waals surface area (Å²) >= 11 is 12.0. The first-order valence-corrected chi connectivity index (χ1v) is 9.42. The van der Waals surface area contributed by atoms with E-state index in [4.69, 9.17) is 27.9 Å². The van der Waals surface area contributed by atoms with Gasteiger partial charge in [-0.2, -0.15) is 0 Å². The van der Waals surface area contributed by atoms with E-state index in [-0.39, 0.29) is 17.9 Å². The van der Waals surface area contributed by atoms with E-state index in [2.05, 4.69) is 12.2 Å². The lowest BCUT2D eigenvalue weighted by Gasteiger charge is -2.37. The van der Waals surface area contributed by atoms with E-state index >= 15 is 0 Å². The molecule has 2 saturated heterocycles. The molecule has 0 aliphatic carbocycles. The standard InChI is InChI=1S/C18H24Cl2N2O2/c1-12-9-13(6-7-21-12)18(23)22-8-2-3-15(11-22)24-14-4-5-16(19)17(20)10-14/h4-5,10,12-13,15,21H,2-3,6-9,11H2,1H3/t12-,13-,15?/m0/s1. The maximum absolute atomic E-state index is 12.8. The maximum atomic E-state index is 12.8. The predicted octanol–water partition coefficient (Wildman–Crippen LogP) is 3.75. The van der Waals surface area contributed by atoms with E-state index in [1.165, 1.54) is 0 Å². The number of likely N-dealkylation sites (tertiary alicyclic amines) is 1. The van der Waals surface area contributed by atoms with Gasteiger partial charge in [-0.25, -0.2) is 0 Å². The number of rotatable bonds is 3. The molecule has 0 saturated carbocycles. The zero-order chi connectivity index (χ0) is 17.1. The molecule has 2 aliphatic rings. The second-order valence-electron chi connectivity index (χ2n) is 6.82. The number of halogens is 2. The molecule has 24 heavy (non-hydrogen) atoms. The number of nitrogens with one attached hydrogen (secondary N) is 1. The Balaban J connectivity index is 1.59. The average molecular weight is 371 g/mol. The van der Waals surface area contributed by atoms with Gasteiger partial charge in [-0.15, -0.1) is 0 Å². The minimum Gasteiger partial charge on any atom is -0.489 e. The summed E-state index contributed by atoms with van der Waals surface area (Å²) in [5, 5.41) is 4.41. The molecule has 3 atom stereocenters. The molecule has 2 heterocycles. The van der Waals surface area contributed by atoms with Crippen molar-refractivity contribution in [1.82, 2.24) is 10.2 Å². The summed E-state index contributed by atoms with van der Waals surface area (Å²) in [6, 6.07) is 5.71. The monoisotopic (exact) mass is 370 g/mol. The summed E-state index contributed by atoms with van der Waals surface area (Å²) in [7, 11) is 0. The van der Waals surface area contributed by atoms with Gasteiger partial charge in [0.05, 0.1) is 16.6 Å². The van der Waals surface area contributed by atoms with Gasteiger partial charge < -0.3 is 15.0 Å². The van der Waals surface area contributed by atoms with Gasteiger partial charge in [-0.05, 0) is 51.3 Å². The molecule has 132 valence electrons. The van der Waals surface area contributed by atoms with E-state index in [1.807, 2.05) is 11.0 Å². The first-order chi connectivity index (χ1) is 11.5. The van der Waals surface area contributed by atoms with Crippen molar-refractivity contribution in [3.63, 3.8) is 0 Å². The molecule has 0 aromatic heterocycles. The van der Waals surface area contributed by atoms with Crippen molar-refractivity contribution < 1.29 is 9.53 Å². The van der Waals surface area contributed by atoms with Gasteiger partial charge in [0, 0.05) is 24.6 Å². The lowest BCUT2D eigenvalue weighted by molar-refractivity contribution is -0.139. The first-order valence-electron chi connectivity index (χ1n) is 8.67. The van der Waals surface area contributed by atoms with Gasteiger partial charge in [0.25, 0.3) is 0 Å². The number of ether oxygens (including phenoxy) is 1. The molecule has 1 unspecified atom stereocenters. The highest BCUT2D eigenvalue weighted by Crippen LogP contribution is 2.28. The SMILES string of the molecule is C[C@H]1C[C@@H](C(=O)N2CCCC(Oc3ccc(Cl)c(Cl)c3)C2)CCN1. The summed E-state index contributed by atoms with van der Waals surface area (Å²) in [5.74, 6) is 1.13. The van der Waals surface area contributed by atoms with Crippen LogP contribution in [-0.4, -0.2) is 42.6 Å². The summed E-state index contributed by atoms with van der Waals surface area (Å²) in [4.78, 5) is 14.8. The third-order valence-electron chi connectivity index (χ3n) is 4.86. The van der Waals surface area contributed by atoms with Crippen LogP contribution >= 0.6 is 23.2 Å². The minimum atomic E-state index is 0.0130. The van der Waals surface area contributed by atoms with Crippen LogP contribution in [0.25, 0.3) is 0 Å². The molecule has 1 N–H and O–H groups in total. The second kappa shape index (κ2) is 7.94. The fourth-order valence-corrected chi connectivity index (χ4v) is 3.88. The lowest BCUT2D eigenvalue weighted by atomic mass is 9.91. The van der Waals surface area contributed by atoms with Gasteiger partial charge in [0.1, 0.15) is 11.9 Å². The molecule has 0 radical (unpaired) electrons. The van der Waals surface area contributed by atoms with Crippen LogP contribution in [0.1, 0.15) is 32.6 Å². The quantitative estimate of drug-likeness (QED) is 0.880. The Labute approximate surface area is 153 Å². The number of carbonyl (C=O) groups is 1. The van der Waals surface area contributed by atoms with E-state index < -0.39 is 0 Å². The summed E-state index contributed by atoms with van der Waals surface area (Å²) in [6.45, 7) is 4.55. The van der Waals surface area contributed by atoms with Crippen LogP contribution in [0.4, 0.5) is 0 Å². The molecule has 2 aliphatic heterocycles. The molecule has 1 aromatic rings. The highest BCUT2D eigenvalue weighted by Gasteiger charge is 2.32. The molecule has 2 fully saturated rings. The van der Waals surface area contributed by atoms with E-state index in [0.717, 1.165) is 38.8 Å². The Bertz CT molecular complexity index is 596.